The highest BCUT2D eigenvalue weighted by atomic mass is 19.4. The fourth-order valence-electron chi connectivity index (χ4n) is 4.38. The SMILES string of the molecule is O=C(CNc1cc2c(C(=O)O)ccc(C3=NOC(c4cc(C(F)(F)F)cc(C(F)(F)F)c4)(C(F)(F)F)C3)n2c1)NCC(F)(F)F. The molecular formula is C25H16F12N4O4. The van der Waals surface area contributed by atoms with Crippen molar-refractivity contribution in [2.24, 2.45) is 5.16 Å². The number of nitrogens with zero attached hydrogens (tertiary/aromatic N) is 2. The summed E-state index contributed by atoms with van der Waals surface area (Å²) in [6, 6.07) is 2.26. The van der Waals surface area contributed by atoms with Crippen LogP contribution in [0.15, 0.2) is 47.8 Å². The number of fused-ring (bicyclic) bond motifs is 1. The molecule has 1 amide bonds. The quantitative estimate of drug-likeness (QED) is 0.256. The number of aromatic nitrogens is 1. The summed E-state index contributed by atoms with van der Waals surface area (Å²) in [6.45, 7) is -2.42. The molecule has 0 spiro atoms. The number of rotatable bonds is 7. The summed E-state index contributed by atoms with van der Waals surface area (Å²) in [5, 5.41) is 16.8. The largest absolute Gasteiger partial charge is 0.478 e. The van der Waals surface area contributed by atoms with Gasteiger partial charge >= 0.3 is 30.7 Å². The third-order valence-electron chi connectivity index (χ3n) is 6.47. The molecular weight excluding hydrogens is 648 g/mol. The highest BCUT2D eigenvalue weighted by Gasteiger charge is 2.63. The Kier molecular flexibility index (Phi) is 8.17. The fourth-order valence-corrected chi connectivity index (χ4v) is 4.38. The molecule has 0 saturated heterocycles. The Morgan fingerprint density at radius 2 is 1.51 bits per heavy atom. The first kappa shape index (κ1) is 33.2. The zero-order valence-corrected chi connectivity index (χ0v) is 21.8. The second-order valence-corrected chi connectivity index (χ2v) is 9.59. The summed E-state index contributed by atoms with van der Waals surface area (Å²) in [5.74, 6) is -2.68. The Balaban J connectivity index is 1.76. The van der Waals surface area contributed by atoms with Crippen LogP contribution in [-0.2, 0) is 27.6 Å². The van der Waals surface area contributed by atoms with E-state index in [1.165, 1.54) is 0 Å². The normalized spacial score (nSPS) is 17.6. The van der Waals surface area contributed by atoms with E-state index in [0.29, 0.717) is 0 Å². The van der Waals surface area contributed by atoms with E-state index in [-0.39, 0.29) is 35.1 Å². The predicted octanol–water partition coefficient (Wildman–Crippen LogP) is 6.35. The van der Waals surface area contributed by atoms with Gasteiger partial charge in [0.1, 0.15) is 12.3 Å². The summed E-state index contributed by atoms with van der Waals surface area (Å²) >= 11 is 0. The lowest BCUT2D eigenvalue weighted by atomic mass is 9.85. The summed E-state index contributed by atoms with van der Waals surface area (Å²) in [6.07, 6.45) is -21.8. The first-order chi connectivity index (χ1) is 20.5. The number of pyridine rings is 1. The van der Waals surface area contributed by atoms with Crippen LogP contribution >= 0.6 is 0 Å². The number of amides is 1. The van der Waals surface area contributed by atoms with Crippen LogP contribution in [0.3, 0.4) is 0 Å². The Hall–Kier alpha value is -4.65. The van der Waals surface area contributed by atoms with Crippen LogP contribution in [0, 0.1) is 0 Å². The van der Waals surface area contributed by atoms with Gasteiger partial charge in [-0.15, -0.1) is 0 Å². The second kappa shape index (κ2) is 11.1. The number of oxime groups is 1. The molecule has 3 heterocycles. The van der Waals surface area contributed by atoms with Crippen LogP contribution < -0.4 is 10.6 Å². The zero-order chi connectivity index (χ0) is 33.8. The van der Waals surface area contributed by atoms with Gasteiger partial charge in [-0.2, -0.15) is 52.7 Å². The van der Waals surface area contributed by atoms with Gasteiger partial charge in [0.05, 0.1) is 46.6 Å². The molecule has 1 aliphatic rings. The second-order valence-electron chi connectivity index (χ2n) is 9.59. The summed E-state index contributed by atoms with van der Waals surface area (Å²) < 4.78 is 162. The Morgan fingerprint density at radius 3 is 2.02 bits per heavy atom. The molecule has 1 unspecified atom stereocenters. The van der Waals surface area contributed by atoms with Gasteiger partial charge in [-0.1, -0.05) is 5.16 Å². The van der Waals surface area contributed by atoms with Crippen molar-refractivity contribution >= 4 is 28.8 Å². The summed E-state index contributed by atoms with van der Waals surface area (Å²) in [4.78, 5) is 28.1. The molecule has 0 radical (unpaired) electrons. The molecule has 0 aliphatic carbocycles. The average molecular weight is 664 g/mol. The topological polar surface area (TPSA) is 104 Å². The number of aromatic carboxylic acids is 1. The number of alkyl halides is 12. The van der Waals surface area contributed by atoms with Gasteiger partial charge in [-0.3, -0.25) is 4.79 Å². The van der Waals surface area contributed by atoms with E-state index in [1.54, 1.807) is 5.32 Å². The fraction of sp³-hybridized carbons (Fsp3) is 0.320. The number of hydrogen-bond acceptors (Lipinski definition) is 5. The number of carboxylic acids is 1. The zero-order valence-electron chi connectivity index (χ0n) is 21.8. The van der Waals surface area contributed by atoms with E-state index in [4.69, 9.17) is 0 Å². The number of benzene rings is 1. The Bertz CT molecular complexity index is 1640. The van der Waals surface area contributed by atoms with Gasteiger partial charge in [-0.05, 0) is 36.4 Å². The molecule has 3 N–H and O–H groups in total. The first-order valence-corrected chi connectivity index (χ1v) is 12.1. The minimum Gasteiger partial charge on any atom is -0.478 e. The lowest BCUT2D eigenvalue weighted by Crippen LogP contribution is -2.43. The molecule has 0 saturated carbocycles. The maximum Gasteiger partial charge on any atom is 0.435 e. The van der Waals surface area contributed by atoms with E-state index in [0.717, 1.165) is 28.8 Å². The number of anilines is 1. The van der Waals surface area contributed by atoms with Crippen LogP contribution in [-0.4, -0.2) is 52.5 Å². The van der Waals surface area contributed by atoms with Crippen molar-refractivity contribution in [2.75, 3.05) is 18.4 Å². The van der Waals surface area contributed by atoms with Gasteiger partial charge in [0, 0.05) is 11.8 Å². The van der Waals surface area contributed by atoms with E-state index < -0.39 is 89.7 Å². The van der Waals surface area contributed by atoms with Crippen molar-refractivity contribution in [3.8, 4) is 0 Å². The van der Waals surface area contributed by atoms with Gasteiger partial charge in [-0.25, -0.2) is 4.79 Å². The Labute approximate surface area is 242 Å². The third kappa shape index (κ3) is 6.88. The van der Waals surface area contributed by atoms with Crippen LogP contribution in [0.2, 0.25) is 0 Å². The highest BCUT2D eigenvalue weighted by molar-refractivity contribution is 6.04. The Morgan fingerprint density at radius 1 is 0.911 bits per heavy atom. The smallest absolute Gasteiger partial charge is 0.435 e. The number of carbonyl (C=O) groups excluding carboxylic acids is 1. The monoisotopic (exact) mass is 664 g/mol. The van der Waals surface area contributed by atoms with Crippen LogP contribution in [0.5, 0.6) is 0 Å². The number of halogens is 12. The minimum atomic E-state index is -5.64. The molecule has 4 rings (SSSR count). The maximum atomic E-state index is 14.5. The number of carbonyl (C=O) groups is 2. The molecule has 1 aliphatic heterocycles. The molecule has 20 heteroatoms. The van der Waals surface area contributed by atoms with E-state index in [2.05, 4.69) is 15.3 Å². The first-order valence-electron chi connectivity index (χ1n) is 12.1. The maximum absolute atomic E-state index is 14.5. The minimum absolute atomic E-state index is 0.110. The van der Waals surface area contributed by atoms with Gasteiger partial charge in [0.15, 0.2) is 0 Å². The predicted molar refractivity (Wildman–Crippen MR) is 128 cm³/mol. The average Bonchev–Trinajstić information content (AvgIpc) is 3.54. The van der Waals surface area contributed by atoms with Crippen molar-refractivity contribution in [2.45, 2.75) is 36.7 Å². The number of carboxylic acid groups (broad SMARTS) is 1. The van der Waals surface area contributed by atoms with E-state index in [1.807, 2.05) is 0 Å². The van der Waals surface area contributed by atoms with Crippen LogP contribution in [0.25, 0.3) is 5.52 Å². The molecule has 1 aromatic carbocycles. The van der Waals surface area contributed by atoms with Crippen molar-refractivity contribution in [1.82, 2.24) is 9.72 Å². The third-order valence-corrected chi connectivity index (χ3v) is 6.47. The molecule has 244 valence electrons. The van der Waals surface area contributed by atoms with Crippen LogP contribution in [0.1, 0.15) is 39.2 Å². The highest BCUT2D eigenvalue weighted by Crippen LogP contribution is 2.51. The van der Waals surface area contributed by atoms with Crippen molar-refractivity contribution in [3.05, 3.63) is 70.5 Å². The van der Waals surface area contributed by atoms with E-state index >= 15 is 0 Å². The molecule has 3 aromatic rings. The molecule has 2 aromatic heterocycles. The van der Waals surface area contributed by atoms with Crippen molar-refractivity contribution in [3.63, 3.8) is 0 Å². The number of nitrogens with one attached hydrogen (secondary N) is 2. The molecule has 1 atom stereocenters. The van der Waals surface area contributed by atoms with Crippen molar-refractivity contribution < 1.29 is 72.2 Å². The lowest BCUT2D eigenvalue weighted by molar-refractivity contribution is -0.276. The standard InChI is InChI=1S/C25H16F12N4O4/c26-22(27,28)10-39-19(42)8-38-14-6-18-15(20(43)44)1-2-17(41(18)9-14)16-7-21(45-40-16,25(35,36)37)11-3-12(23(29,30)31)5-13(4-11)24(32,33)34/h1-6,9,38H,7-8,10H2,(H,39,42)(H,43,44). The molecule has 45 heavy (non-hydrogen) atoms. The molecule has 0 fully saturated rings. The van der Waals surface area contributed by atoms with Crippen LogP contribution in [0.4, 0.5) is 58.4 Å². The van der Waals surface area contributed by atoms with Gasteiger partial charge < -0.3 is 25.0 Å². The van der Waals surface area contributed by atoms with Crippen molar-refractivity contribution in [1.29, 1.82) is 0 Å². The number of hydrogen-bond donors (Lipinski definition) is 3. The van der Waals surface area contributed by atoms with Gasteiger partial charge in [0.2, 0.25) is 5.91 Å². The van der Waals surface area contributed by atoms with E-state index in [9.17, 15) is 67.4 Å². The lowest BCUT2D eigenvalue weighted by Gasteiger charge is -2.30. The summed E-state index contributed by atoms with van der Waals surface area (Å²) in [5.41, 5.74) is -11.3. The molecule has 8 nitrogen and oxygen atoms in total. The summed E-state index contributed by atoms with van der Waals surface area (Å²) in [7, 11) is 0. The van der Waals surface area contributed by atoms with Gasteiger partial charge in [0.25, 0.3) is 5.60 Å². The molecule has 0 bridgehead atoms.